The molecule has 0 radical (unpaired) electrons. The van der Waals surface area contributed by atoms with Crippen molar-refractivity contribution in [1.29, 1.82) is 0 Å². The van der Waals surface area contributed by atoms with Gasteiger partial charge in [0.25, 0.3) is 5.56 Å². The number of aromatic nitrogens is 1. The Bertz CT molecular complexity index is 701. The van der Waals surface area contributed by atoms with Crippen LogP contribution in [-0.4, -0.2) is 56.6 Å². The summed E-state index contributed by atoms with van der Waals surface area (Å²) in [5.74, 6) is -0.644. The zero-order valence-corrected chi connectivity index (χ0v) is 12.6. The van der Waals surface area contributed by atoms with E-state index in [9.17, 15) is 18.0 Å². The second-order valence-electron chi connectivity index (χ2n) is 4.26. The molecule has 1 atom stereocenters. The molecular weight excluding hydrogens is 324 g/mol. The summed E-state index contributed by atoms with van der Waals surface area (Å²) in [6.45, 7) is -0.00555. The lowest BCUT2D eigenvalue weighted by Gasteiger charge is -2.30. The van der Waals surface area contributed by atoms with E-state index in [0.717, 1.165) is 16.6 Å². The van der Waals surface area contributed by atoms with Crippen LogP contribution in [-0.2, 0) is 24.3 Å². The highest BCUT2D eigenvalue weighted by Gasteiger charge is 2.34. The first-order valence-electron chi connectivity index (χ1n) is 5.94. The zero-order valence-electron chi connectivity index (χ0n) is 11.0. The number of hydrogen-bond donors (Lipinski definition) is 1. The van der Waals surface area contributed by atoms with Gasteiger partial charge in [0.15, 0.2) is 6.10 Å². The summed E-state index contributed by atoms with van der Waals surface area (Å²) in [6.07, 6.45) is 0.0864. The first kappa shape index (κ1) is 16.0. The van der Waals surface area contributed by atoms with Crippen LogP contribution in [0.2, 0.25) is 5.02 Å². The number of halogens is 1. The molecule has 1 aliphatic rings. The van der Waals surface area contributed by atoms with Gasteiger partial charge in [0, 0.05) is 12.7 Å². The lowest BCUT2D eigenvalue weighted by molar-refractivity contribution is -0.157. The summed E-state index contributed by atoms with van der Waals surface area (Å²) in [7, 11) is -2.69. The molecule has 0 bridgehead atoms. The molecule has 8 nitrogen and oxygen atoms in total. The Labute approximate surface area is 125 Å². The van der Waals surface area contributed by atoms with Gasteiger partial charge < -0.3 is 14.5 Å². The van der Waals surface area contributed by atoms with Crippen LogP contribution in [0.1, 0.15) is 0 Å². The Morgan fingerprint density at radius 2 is 2.29 bits per heavy atom. The van der Waals surface area contributed by atoms with E-state index < -0.39 is 27.7 Å². The van der Waals surface area contributed by atoms with E-state index in [1.54, 1.807) is 0 Å². The fourth-order valence-electron chi connectivity index (χ4n) is 1.85. The van der Waals surface area contributed by atoms with Crippen molar-refractivity contribution in [3.05, 3.63) is 27.6 Å². The van der Waals surface area contributed by atoms with Crippen LogP contribution in [0.15, 0.2) is 22.0 Å². The van der Waals surface area contributed by atoms with Gasteiger partial charge in [-0.15, -0.1) is 0 Å². The lowest BCUT2D eigenvalue weighted by atomic mass is 10.3. The normalized spacial score (nSPS) is 20.2. The van der Waals surface area contributed by atoms with Gasteiger partial charge in [-0.25, -0.2) is 13.2 Å². The van der Waals surface area contributed by atoms with Gasteiger partial charge in [-0.1, -0.05) is 11.6 Å². The predicted molar refractivity (Wildman–Crippen MR) is 72.6 cm³/mol. The van der Waals surface area contributed by atoms with Crippen molar-refractivity contribution >= 4 is 27.6 Å². The number of nitrogens with zero attached hydrogens (tertiary/aromatic N) is 1. The monoisotopic (exact) mass is 336 g/mol. The number of rotatable bonds is 3. The van der Waals surface area contributed by atoms with Gasteiger partial charge in [0.05, 0.1) is 25.2 Å². The number of H-pyrrole nitrogens is 1. The molecule has 1 fully saturated rings. The van der Waals surface area contributed by atoms with Gasteiger partial charge in [-0.05, 0) is 6.07 Å². The molecule has 0 aromatic carbocycles. The fraction of sp³-hybridized carbons (Fsp3) is 0.455. The van der Waals surface area contributed by atoms with Crippen LogP contribution in [0, 0.1) is 0 Å². The summed E-state index contributed by atoms with van der Waals surface area (Å²) in [5.41, 5.74) is -0.579. The molecule has 0 saturated carbocycles. The molecule has 1 saturated heterocycles. The minimum atomic E-state index is -3.88. The summed E-state index contributed by atoms with van der Waals surface area (Å²) in [6, 6.07) is 1.07. The zero-order chi connectivity index (χ0) is 15.6. The number of carbonyl (C=O) groups is 1. The molecule has 1 N–H and O–H groups in total. The quantitative estimate of drug-likeness (QED) is 0.752. The molecule has 21 heavy (non-hydrogen) atoms. The molecule has 1 aliphatic heterocycles. The second-order valence-corrected chi connectivity index (χ2v) is 6.60. The van der Waals surface area contributed by atoms with Crippen LogP contribution in [0.3, 0.4) is 0 Å². The third-order valence-electron chi connectivity index (χ3n) is 2.96. The first-order chi connectivity index (χ1) is 9.86. The number of methoxy groups -OCH3 is 1. The average Bonchev–Trinajstić information content (AvgIpc) is 2.49. The number of hydrogen-bond acceptors (Lipinski definition) is 6. The SMILES string of the molecule is COC(=O)C1CN(S(=O)(=O)c2c[nH]c(=O)c(Cl)c2)CCO1. The number of esters is 1. The van der Waals surface area contributed by atoms with Gasteiger partial charge in [-0.2, -0.15) is 4.31 Å². The molecule has 1 unspecified atom stereocenters. The topological polar surface area (TPSA) is 106 Å². The maximum Gasteiger partial charge on any atom is 0.336 e. The minimum Gasteiger partial charge on any atom is -0.467 e. The maximum atomic E-state index is 12.4. The third kappa shape index (κ3) is 3.26. The van der Waals surface area contributed by atoms with E-state index >= 15 is 0 Å². The van der Waals surface area contributed by atoms with Crippen molar-refractivity contribution in [2.75, 3.05) is 26.8 Å². The van der Waals surface area contributed by atoms with E-state index in [1.165, 1.54) is 7.11 Å². The minimum absolute atomic E-state index is 0.0656. The number of carbonyl (C=O) groups excluding carboxylic acids is 1. The van der Waals surface area contributed by atoms with E-state index in [1.807, 2.05) is 0 Å². The number of nitrogens with one attached hydrogen (secondary N) is 1. The van der Waals surface area contributed by atoms with Crippen molar-refractivity contribution in [2.45, 2.75) is 11.0 Å². The number of sulfonamides is 1. The molecule has 0 aliphatic carbocycles. The number of ether oxygens (including phenoxy) is 2. The van der Waals surface area contributed by atoms with Gasteiger partial charge in [0.1, 0.15) is 5.02 Å². The van der Waals surface area contributed by atoms with Crippen molar-refractivity contribution in [3.8, 4) is 0 Å². The number of aromatic amines is 1. The molecule has 10 heteroatoms. The van der Waals surface area contributed by atoms with E-state index in [4.69, 9.17) is 16.3 Å². The Morgan fingerprint density at radius 1 is 1.57 bits per heavy atom. The largest absolute Gasteiger partial charge is 0.467 e. The average molecular weight is 337 g/mol. The number of pyridine rings is 1. The van der Waals surface area contributed by atoms with Gasteiger partial charge in [-0.3, -0.25) is 4.79 Å². The molecule has 116 valence electrons. The molecule has 1 aromatic heterocycles. The van der Waals surface area contributed by atoms with Crippen LogP contribution in [0.5, 0.6) is 0 Å². The van der Waals surface area contributed by atoms with Crippen molar-refractivity contribution in [1.82, 2.24) is 9.29 Å². The highest BCUT2D eigenvalue weighted by atomic mass is 35.5. The number of morpholine rings is 1. The Hall–Kier alpha value is -1.42. The van der Waals surface area contributed by atoms with E-state index in [0.29, 0.717) is 0 Å². The lowest BCUT2D eigenvalue weighted by Crippen LogP contribution is -2.48. The van der Waals surface area contributed by atoms with E-state index in [2.05, 4.69) is 9.72 Å². The Balaban J connectivity index is 2.28. The van der Waals surface area contributed by atoms with Crippen LogP contribution in [0.25, 0.3) is 0 Å². The summed E-state index contributed by atoms with van der Waals surface area (Å²) in [4.78, 5) is 24.7. The van der Waals surface area contributed by atoms with Gasteiger partial charge >= 0.3 is 5.97 Å². The van der Waals surface area contributed by atoms with Crippen LogP contribution < -0.4 is 5.56 Å². The molecular formula is C11H13ClN2O6S. The summed E-state index contributed by atoms with van der Waals surface area (Å²) >= 11 is 5.63. The summed E-state index contributed by atoms with van der Waals surface area (Å²) in [5, 5.41) is -0.228. The van der Waals surface area contributed by atoms with Crippen molar-refractivity contribution in [3.63, 3.8) is 0 Å². The van der Waals surface area contributed by atoms with Crippen LogP contribution in [0.4, 0.5) is 0 Å². The Morgan fingerprint density at radius 3 is 2.90 bits per heavy atom. The highest BCUT2D eigenvalue weighted by molar-refractivity contribution is 7.89. The van der Waals surface area contributed by atoms with Crippen molar-refractivity contribution in [2.24, 2.45) is 0 Å². The fourth-order valence-corrected chi connectivity index (χ4v) is 3.51. The van der Waals surface area contributed by atoms with Gasteiger partial charge in [0.2, 0.25) is 10.0 Å². The molecule has 0 amide bonds. The first-order valence-corrected chi connectivity index (χ1v) is 7.76. The second kappa shape index (κ2) is 6.14. The molecule has 2 heterocycles. The third-order valence-corrected chi connectivity index (χ3v) is 5.09. The smallest absolute Gasteiger partial charge is 0.336 e. The molecule has 0 spiro atoms. The predicted octanol–water partition coefficient (Wildman–Crippen LogP) is -0.409. The standard InChI is InChI=1S/C11H13ClN2O6S/c1-19-11(16)9-6-14(2-3-20-9)21(17,18)7-4-8(12)10(15)13-5-7/h4-5,9H,2-3,6H2,1H3,(H,13,15). The molecule has 1 aromatic rings. The van der Waals surface area contributed by atoms with Crippen molar-refractivity contribution < 1.29 is 22.7 Å². The van der Waals surface area contributed by atoms with Crippen LogP contribution >= 0.6 is 11.6 Å². The highest BCUT2D eigenvalue weighted by Crippen LogP contribution is 2.19. The molecule has 2 rings (SSSR count). The Kier molecular flexibility index (Phi) is 4.67. The van der Waals surface area contributed by atoms with E-state index in [-0.39, 0.29) is 29.6 Å². The summed E-state index contributed by atoms with van der Waals surface area (Å²) < 4.78 is 35.7. The maximum absolute atomic E-state index is 12.4.